The zero-order valence-electron chi connectivity index (χ0n) is 17.0. The number of carbonyl (C=O) groups excluding carboxylic acids is 2. The topological polar surface area (TPSA) is 59.1 Å². The first kappa shape index (κ1) is 19.4. The number of nitrogens with zero attached hydrogens (tertiary/aromatic N) is 2. The first-order valence-corrected chi connectivity index (χ1v) is 11.6. The van der Waals surface area contributed by atoms with Crippen molar-refractivity contribution in [3.8, 4) is 11.5 Å². The third kappa shape index (κ3) is 3.78. The van der Waals surface area contributed by atoms with E-state index < -0.39 is 6.10 Å². The summed E-state index contributed by atoms with van der Waals surface area (Å²) in [6, 6.07) is 9.50. The Morgan fingerprint density at radius 3 is 2.50 bits per heavy atom. The Bertz CT molecular complexity index is 925. The van der Waals surface area contributed by atoms with Crippen molar-refractivity contribution in [2.45, 2.75) is 38.2 Å². The number of ether oxygens (including phenoxy) is 2. The molecule has 3 aliphatic rings. The predicted molar refractivity (Wildman–Crippen MR) is 114 cm³/mol. The predicted octanol–water partition coefficient (Wildman–Crippen LogP) is 3.14. The summed E-state index contributed by atoms with van der Waals surface area (Å²) in [4.78, 5) is 31.8. The number of hydrogen-bond donors (Lipinski definition) is 0. The summed E-state index contributed by atoms with van der Waals surface area (Å²) >= 11 is 1.67. The van der Waals surface area contributed by atoms with Gasteiger partial charge in [0, 0.05) is 31.1 Å². The quantitative estimate of drug-likeness (QED) is 0.693. The molecular formula is C23H26N2O4S. The molecule has 6 nitrogen and oxygen atoms in total. The second kappa shape index (κ2) is 8.30. The van der Waals surface area contributed by atoms with Crippen LogP contribution in [0.2, 0.25) is 0 Å². The molecule has 1 aliphatic carbocycles. The van der Waals surface area contributed by atoms with Crippen LogP contribution in [0.1, 0.15) is 39.4 Å². The molecule has 5 rings (SSSR count). The van der Waals surface area contributed by atoms with Gasteiger partial charge in [0.15, 0.2) is 11.5 Å². The van der Waals surface area contributed by atoms with Crippen molar-refractivity contribution < 1.29 is 19.1 Å². The van der Waals surface area contributed by atoms with Crippen LogP contribution in [-0.4, -0.2) is 60.5 Å². The number of fused-ring (bicyclic) bond motifs is 2. The lowest BCUT2D eigenvalue weighted by Gasteiger charge is -2.37. The average molecular weight is 427 g/mol. The summed E-state index contributed by atoms with van der Waals surface area (Å²) in [5, 5.41) is 0. The number of aryl methyl sites for hydroxylation is 2. The number of carbonyl (C=O) groups is 2. The van der Waals surface area contributed by atoms with Gasteiger partial charge in [0.05, 0.1) is 4.88 Å². The first-order chi connectivity index (χ1) is 14.7. The van der Waals surface area contributed by atoms with Crippen molar-refractivity contribution in [1.82, 2.24) is 9.80 Å². The van der Waals surface area contributed by atoms with E-state index in [2.05, 4.69) is 6.07 Å². The molecule has 158 valence electrons. The Balaban J connectivity index is 1.18. The molecule has 0 unspecified atom stereocenters. The minimum Gasteiger partial charge on any atom is -0.485 e. The van der Waals surface area contributed by atoms with E-state index in [1.165, 1.54) is 29.7 Å². The molecule has 1 aromatic carbocycles. The van der Waals surface area contributed by atoms with E-state index in [1.807, 2.05) is 29.2 Å². The lowest BCUT2D eigenvalue weighted by Crippen LogP contribution is -2.55. The standard InChI is InChI=1S/C23H26N2O4S/c26-22(19-15-28-17-7-4-5-8-18(17)29-19)24-10-12-25(13-11-24)23(27)21-14-16-6-2-1-3-9-20(16)30-21/h4-5,7-8,14,19H,1-3,6,9-13,15H2/t19-/m0/s1. The zero-order chi connectivity index (χ0) is 20.5. The molecule has 30 heavy (non-hydrogen) atoms. The molecule has 0 N–H and O–H groups in total. The molecule has 0 saturated carbocycles. The summed E-state index contributed by atoms with van der Waals surface area (Å²) in [5.41, 5.74) is 1.37. The van der Waals surface area contributed by atoms with Crippen LogP contribution in [0.15, 0.2) is 30.3 Å². The molecule has 0 bridgehead atoms. The Morgan fingerprint density at radius 2 is 1.67 bits per heavy atom. The van der Waals surface area contributed by atoms with Gasteiger partial charge in [-0.05, 0) is 49.4 Å². The molecule has 0 spiro atoms. The fraction of sp³-hybridized carbons (Fsp3) is 0.478. The van der Waals surface area contributed by atoms with Crippen LogP contribution < -0.4 is 9.47 Å². The van der Waals surface area contributed by atoms with Crippen molar-refractivity contribution in [3.63, 3.8) is 0 Å². The van der Waals surface area contributed by atoms with E-state index in [9.17, 15) is 9.59 Å². The minimum atomic E-state index is -0.630. The Kier molecular flexibility index (Phi) is 5.37. The van der Waals surface area contributed by atoms with Gasteiger partial charge in [0.2, 0.25) is 6.10 Å². The summed E-state index contributed by atoms with van der Waals surface area (Å²) in [6.45, 7) is 2.37. The minimum absolute atomic E-state index is 0.0700. The van der Waals surface area contributed by atoms with Crippen LogP contribution in [0.25, 0.3) is 0 Å². The van der Waals surface area contributed by atoms with E-state index in [0.29, 0.717) is 37.7 Å². The normalized spacial score (nSPS) is 21.0. The number of amides is 2. The first-order valence-electron chi connectivity index (χ1n) is 10.8. The van der Waals surface area contributed by atoms with Crippen LogP contribution in [0.3, 0.4) is 0 Å². The third-order valence-electron chi connectivity index (χ3n) is 6.12. The third-order valence-corrected chi connectivity index (χ3v) is 7.35. The van der Waals surface area contributed by atoms with E-state index in [0.717, 1.165) is 17.7 Å². The molecule has 0 radical (unpaired) electrons. The smallest absolute Gasteiger partial charge is 0.267 e. The maximum Gasteiger partial charge on any atom is 0.267 e. The van der Waals surface area contributed by atoms with Gasteiger partial charge in [-0.2, -0.15) is 0 Å². The molecule has 7 heteroatoms. The molecule has 2 aliphatic heterocycles. The summed E-state index contributed by atoms with van der Waals surface area (Å²) in [5.74, 6) is 1.31. The van der Waals surface area contributed by atoms with E-state index in [4.69, 9.17) is 9.47 Å². The van der Waals surface area contributed by atoms with Crippen LogP contribution in [-0.2, 0) is 17.6 Å². The number of hydrogen-bond acceptors (Lipinski definition) is 5. The average Bonchev–Trinajstić information content (AvgIpc) is 3.08. The SMILES string of the molecule is O=C(c1cc2c(s1)CCCCC2)N1CCN(C(=O)[C@@H]2COc3ccccc3O2)CC1. The number of benzene rings is 1. The Morgan fingerprint density at radius 1 is 0.933 bits per heavy atom. The molecule has 1 aromatic heterocycles. The Hall–Kier alpha value is -2.54. The van der Waals surface area contributed by atoms with Gasteiger partial charge in [-0.25, -0.2) is 0 Å². The highest BCUT2D eigenvalue weighted by Gasteiger charge is 2.34. The maximum absolute atomic E-state index is 13.0. The maximum atomic E-state index is 13.0. The van der Waals surface area contributed by atoms with Crippen LogP contribution in [0, 0.1) is 0 Å². The van der Waals surface area contributed by atoms with Crippen molar-refractivity contribution in [2.24, 2.45) is 0 Å². The van der Waals surface area contributed by atoms with Gasteiger partial charge in [-0.15, -0.1) is 11.3 Å². The zero-order valence-corrected chi connectivity index (χ0v) is 17.8. The van der Waals surface area contributed by atoms with Gasteiger partial charge in [-0.1, -0.05) is 18.6 Å². The monoisotopic (exact) mass is 426 g/mol. The van der Waals surface area contributed by atoms with Crippen molar-refractivity contribution in [2.75, 3.05) is 32.8 Å². The molecule has 2 amide bonds. The second-order valence-corrected chi connectivity index (χ2v) is 9.24. The fourth-order valence-corrected chi connectivity index (χ4v) is 5.62. The molecule has 1 atom stereocenters. The molecule has 2 aromatic rings. The van der Waals surface area contributed by atoms with Gasteiger partial charge in [-0.3, -0.25) is 9.59 Å². The lowest BCUT2D eigenvalue weighted by molar-refractivity contribution is -0.142. The van der Waals surface area contributed by atoms with Gasteiger partial charge >= 0.3 is 0 Å². The largest absolute Gasteiger partial charge is 0.485 e. The van der Waals surface area contributed by atoms with Gasteiger partial charge < -0.3 is 19.3 Å². The highest BCUT2D eigenvalue weighted by molar-refractivity contribution is 7.14. The van der Waals surface area contributed by atoms with Gasteiger partial charge in [0.1, 0.15) is 6.61 Å². The molecule has 1 fully saturated rings. The van der Waals surface area contributed by atoms with Gasteiger partial charge in [0.25, 0.3) is 11.8 Å². The highest BCUT2D eigenvalue weighted by atomic mass is 32.1. The number of rotatable bonds is 2. The summed E-state index contributed by atoms with van der Waals surface area (Å²) in [6.07, 6.45) is 5.28. The van der Waals surface area contributed by atoms with Crippen molar-refractivity contribution in [1.29, 1.82) is 0 Å². The van der Waals surface area contributed by atoms with E-state index in [-0.39, 0.29) is 18.4 Å². The van der Waals surface area contributed by atoms with Crippen LogP contribution in [0.4, 0.5) is 0 Å². The highest BCUT2D eigenvalue weighted by Crippen LogP contribution is 2.32. The molecule has 1 saturated heterocycles. The van der Waals surface area contributed by atoms with Crippen molar-refractivity contribution in [3.05, 3.63) is 45.6 Å². The lowest BCUT2D eigenvalue weighted by atomic mass is 10.1. The summed E-state index contributed by atoms with van der Waals surface area (Å²) in [7, 11) is 0. The van der Waals surface area contributed by atoms with Crippen LogP contribution >= 0.6 is 11.3 Å². The molecular weight excluding hydrogens is 400 g/mol. The summed E-state index contributed by atoms with van der Waals surface area (Å²) < 4.78 is 11.5. The van der Waals surface area contributed by atoms with Crippen LogP contribution in [0.5, 0.6) is 11.5 Å². The van der Waals surface area contributed by atoms with Crippen molar-refractivity contribution >= 4 is 23.2 Å². The molecule has 3 heterocycles. The fourth-order valence-electron chi connectivity index (χ4n) is 4.40. The number of para-hydroxylation sites is 2. The van der Waals surface area contributed by atoms with E-state index in [1.54, 1.807) is 16.2 Å². The van der Waals surface area contributed by atoms with E-state index >= 15 is 0 Å². The second-order valence-electron chi connectivity index (χ2n) is 8.10. The number of piperazine rings is 1. The Labute approximate surface area is 180 Å². The number of thiophene rings is 1.